The Hall–Kier alpha value is -1.44. The standard InChI is InChI=1S/C11H12N2/c12-9-2-1-8-5-6-13(10-3-4-10)11(8)7-9/h1-2,5-7,10H,3-4,12H2. The lowest BCUT2D eigenvalue weighted by molar-refractivity contribution is 0.776. The minimum absolute atomic E-state index is 0.735. The summed E-state index contributed by atoms with van der Waals surface area (Å²) in [6.45, 7) is 0. The number of aromatic nitrogens is 1. The van der Waals surface area contributed by atoms with Crippen molar-refractivity contribution in [1.29, 1.82) is 0 Å². The van der Waals surface area contributed by atoms with E-state index < -0.39 is 0 Å². The average Bonchev–Trinajstić information content (AvgIpc) is 2.87. The molecule has 13 heavy (non-hydrogen) atoms. The topological polar surface area (TPSA) is 30.9 Å². The summed E-state index contributed by atoms with van der Waals surface area (Å²) in [7, 11) is 0. The van der Waals surface area contributed by atoms with E-state index >= 15 is 0 Å². The van der Waals surface area contributed by atoms with Crippen molar-refractivity contribution in [2.75, 3.05) is 5.73 Å². The van der Waals surface area contributed by atoms with Gasteiger partial charge in [-0.05, 0) is 36.4 Å². The van der Waals surface area contributed by atoms with E-state index in [-0.39, 0.29) is 0 Å². The average molecular weight is 172 g/mol. The fraction of sp³-hybridized carbons (Fsp3) is 0.273. The van der Waals surface area contributed by atoms with E-state index in [0.29, 0.717) is 0 Å². The van der Waals surface area contributed by atoms with Gasteiger partial charge in [-0.1, -0.05) is 6.07 Å². The third kappa shape index (κ3) is 1.02. The zero-order chi connectivity index (χ0) is 8.84. The molecule has 2 nitrogen and oxygen atoms in total. The number of nitrogen functional groups attached to an aromatic ring is 1. The minimum atomic E-state index is 0.735. The van der Waals surface area contributed by atoms with Gasteiger partial charge in [-0.2, -0.15) is 0 Å². The molecule has 2 aromatic rings. The number of benzene rings is 1. The quantitative estimate of drug-likeness (QED) is 0.658. The molecule has 1 aromatic carbocycles. The molecule has 0 saturated heterocycles. The molecule has 1 aliphatic carbocycles. The van der Waals surface area contributed by atoms with Crippen molar-refractivity contribution in [2.24, 2.45) is 0 Å². The van der Waals surface area contributed by atoms with Gasteiger partial charge in [-0.25, -0.2) is 0 Å². The number of anilines is 1. The highest BCUT2D eigenvalue weighted by Crippen LogP contribution is 2.37. The van der Waals surface area contributed by atoms with Crippen molar-refractivity contribution in [3.8, 4) is 0 Å². The molecular weight excluding hydrogens is 160 g/mol. The summed E-state index contributed by atoms with van der Waals surface area (Å²) in [6, 6.07) is 9.00. The van der Waals surface area contributed by atoms with Crippen LogP contribution in [0, 0.1) is 0 Å². The number of hydrogen-bond donors (Lipinski definition) is 1. The Labute approximate surface area is 77.0 Å². The summed E-state index contributed by atoms with van der Waals surface area (Å²) >= 11 is 0. The Morgan fingerprint density at radius 2 is 2.08 bits per heavy atom. The van der Waals surface area contributed by atoms with E-state index in [0.717, 1.165) is 11.7 Å². The van der Waals surface area contributed by atoms with Crippen LogP contribution >= 0.6 is 0 Å². The van der Waals surface area contributed by atoms with Gasteiger partial charge < -0.3 is 10.3 Å². The largest absolute Gasteiger partial charge is 0.399 e. The smallest absolute Gasteiger partial charge is 0.0503 e. The van der Waals surface area contributed by atoms with Crippen molar-refractivity contribution in [2.45, 2.75) is 18.9 Å². The SMILES string of the molecule is Nc1ccc2ccn(C3CC3)c2c1. The van der Waals surface area contributed by atoms with Crippen molar-refractivity contribution >= 4 is 16.6 Å². The van der Waals surface area contributed by atoms with Gasteiger partial charge in [0.05, 0.1) is 5.52 Å². The normalized spacial score (nSPS) is 16.6. The van der Waals surface area contributed by atoms with Crippen LogP contribution in [0.2, 0.25) is 0 Å². The lowest BCUT2D eigenvalue weighted by atomic mass is 10.2. The maximum atomic E-state index is 5.76. The highest BCUT2D eigenvalue weighted by molar-refractivity contribution is 5.83. The highest BCUT2D eigenvalue weighted by atomic mass is 15.0. The van der Waals surface area contributed by atoms with Crippen LogP contribution in [0.3, 0.4) is 0 Å². The van der Waals surface area contributed by atoms with Gasteiger partial charge in [0.15, 0.2) is 0 Å². The summed E-state index contributed by atoms with van der Waals surface area (Å²) in [6.07, 6.45) is 4.80. The first-order valence-corrected chi connectivity index (χ1v) is 4.71. The van der Waals surface area contributed by atoms with Crippen LogP contribution in [0.1, 0.15) is 18.9 Å². The third-order valence-corrected chi connectivity index (χ3v) is 2.69. The predicted octanol–water partition coefficient (Wildman–Crippen LogP) is 2.56. The molecule has 66 valence electrons. The second kappa shape index (κ2) is 2.28. The Kier molecular flexibility index (Phi) is 1.23. The van der Waals surface area contributed by atoms with Gasteiger partial charge >= 0.3 is 0 Å². The molecule has 0 unspecified atom stereocenters. The van der Waals surface area contributed by atoms with E-state index in [2.05, 4.69) is 29.0 Å². The van der Waals surface area contributed by atoms with Gasteiger partial charge in [0.1, 0.15) is 0 Å². The Balaban J connectivity index is 2.29. The fourth-order valence-electron chi connectivity index (χ4n) is 1.84. The maximum absolute atomic E-state index is 5.76. The molecule has 1 aliphatic rings. The van der Waals surface area contributed by atoms with Crippen molar-refractivity contribution in [3.05, 3.63) is 30.5 Å². The molecule has 1 heterocycles. The summed E-state index contributed by atoms with van der Waals surface area (Å²) in [4.78, 5) is 0. The summed E-state index contributed by atoms with van der Waals surface area (Å²) in [5, 5.41) is 1.29. The molecule has 0 aliphatic heterocycles. The molecule has 3 rings (SSSR count). The number of fused-ring (bicyclic) bond motifs is 1. The molecular formula is C11H12N2. The van der Waals surface area contributed by atoms with E-state index in [4.69, 9.17) is 5.73 Å². The second-order valence-electron chi connectivity index (χ2n) is 3.77. The molecule has 0 spiro atoms. The molecule has 0 radical (unpaired) electrons. The van der Waals surface area contributed by atoms with E-state index in [9.17, 15) is 0 Å². The maximum Gasteiger partial charge on any atom is 0.0503 e. The molecule has 1 aromatic heterocycles. The molecule has 1 saturated carbocycles. The van der Waals surface area contributed by atoms with Crippen molar-refractivity contribution in [1.82, 2.24) is 4.57 Å². The van der Waals surface area contributed by atoms with E-state index in [1.54, 1.807) is 0 Å². The van der Waals surface area contributed by atoms with Crippen LogP contribution in [-0.4, -0.2) is 4.57 Å². The fourth-order valence-corrected chi connectivity index (χ4v) is 1.84. The van der Waals surface area contributed by atoms with Gasteiger partial charge in [-0.15, -0.1) is 0 Å². The number of nitrogens with zero attached hydrogens (tertiary/aromatic N) is 1. The first-order valence-electron chi connectivity index (χ1n) is 4.71. The van der Waals surface area contributed by atoms with Crippen molar-refractivity contribution in [3.63, 3.8) is 0 Å². The molecule has 0 atom stereocenters. The van der Waals surface area contributed by atoms with Gasteiger partial charge in [-0.3, -0.25) is 0 Å². The van der Waals surface area contributed by atoms with Gasteiger partial charge in [0.25, 0.3) is 0 Å². The predicted molar refractivity (Wildman–Crippen MR) is 54.6 cm³/mol. The van der Waals surface area contributed by atoms with Crippen molar-refractivity contribution < 1.29 is 0 Å². The van der Waals surface area contributed by atoms with E-state index in [1.807, 2.05) is 6.07 Å². The molecule has 2 heteroatoms. The lowest BCUT2D eigenvalue weighted by Crippen LogP contribution is -1.91. The number of hydrogen-bond acceptors (Lipinski definition) is 1. The van der Waals surface area contributed by atoms with Crippen LogP contribution in [0.25, 0.3) is 10.9 Å². The Morgan fingerprint density at radius 1 is 1.23 bits per heavy atom. The van der Waals surface area contributed by atoms with Gasteiger partial charge in [0, 0.05) is 17.9 Å². The van der Waals surface area contributed by atoms with Crippen LogP contribution in [0.5, 0.6) is 0 Å². The number of rotatable bonds is 1. The van der Waals surface area contributed by atoms with Crippen LogP contribution in [0.4, 0.5) is 5.69 Å². The Bertz CT molecular complexity index is 452. The first-order chi connectivity index (χ1) is 6.34. The molecule has 1 fully saturated rings. The Morgan fingerprint density at radius 3 is 2.85 bits per heavy atom. The first kappa shape index (κ1) is 7.01. The molecule has 2 N–H and O–H groups in total. The second-order valence-corrected chi connectivity index (χ2v) is 3.77. The zero-order valence-electron chi connectivity index (χ0n) is 7.40. The van der Waals surface area contributed by atoms with Crippen LogP contribution in [-0.2, 0) is 0 Å². The third-order valence-electron chi connectivity index (χ3n) is 2.69. The summed E-state index contributed by atoms with van der Waals surface area (Å²) < 4.78 is 2.34. The summed E-state index contributed by atoms with van der Waals surface area (Å²) in [5.41, 5.74) is 7.89. The van der Waals surface area contributed by atoms with E-state index in [1.165, 1.54) is 23.7 Å². The summed E-state index contributed by atoms with van der Waals surface area (Å²) in [5.74, 6) is 0. The zero-order valence-corrected chi connectivity index (χ0v) is 7.40. The lowest BCUT2D eigenvalue weighted by Gasteiger charge is -2.02. The number of nitrogens with two attached hydrogens (primary N) is 1. The van der Waals surface area contributed by atoms with Crippen LogP contribution < -0.4 is 5.73 Å². The highest BCUT2D eigenvalue weighted by Gasteiger charge is 2.24. The minimum Gasteiger partial charge on any atom is -0.399 e. The monoisotopic (exact) mass is 172 g/mol. The van der Waals surface area contributed by atoms with Gasteiger partial charge in [0.2, 0.25) is 0 Å². The molecule has 0 amide bonds. The van der Waals surface area contributed by atoms with Crippen LogP contribution in [0.15, 0.2) is 30.5 Å². The molecule has 0 bridgehead atoms.